The van der Waals surface area contributed by atoms with E-state index in [0.29, 0.717) is 11.1 Å². The van der Waals surface area contributed by atoms with Crippen LogP contribution in [0, 0.1) is 0 Å². The first kappa shape index (κ1) is 15.6. The molecule has 0 fully saturated rings. The van der Waals surface area contributed by atoms with Gasteiger partial charge in [0.05, 0.1) is 5.71 Å². The lowest BCUT2D eigenvalue weighted by molar-refractivity contribution is 0.103. The molecule has 3 heteroatoms. The fraction of sp³-hybridized carbons (Fsp3) is 0.182. The fourth-order valence-corrected chi connectivity index (χ4v) is 3.60. The van der Waals surface area contributed by atoms with Gasteiger partial charge in [-0.05, 0) is 41.7 Å². The van der Waals surface area contributed by atoms with E-state index in [2.05, 4.69) is 17.3 Å². The molecule has 3 aromatic carbocycles. The SMILES string of the molecule is CO/N=C1\CCCc2cccc(C(=O)c3ccc4ccccc4c3)c21. The smallest absolute Gasteiger partial charge is 0.193 e. The molecule has 0 atom stereocenters. The van der Waals surface area contributed by atoms with E-state index in [1.165, 1.54) is 5.56 Å². The van der Waals surface area contributed by atoms with Gasteiger partial charge in [0.15, 0.2) is 5.78 Å². The van der Waals surface area contributed by atoms with E-state index >= 15 is 0 Å². The maximum absolute atomic E-state index is 13.2. The Hall–Kier alpha value is -2.94. The highest BCUT2D eigenvalue weighted by molar-refractivity contribution is 6.18. The standard InChI is InChI=1S/C22H19NO2/c1-25-23-20-11-5-9-16-8-4-10-19(21(16)20)22(24)18-13-12-15-6-2-3-7-17(15)14-18/h2-4,6-8,10,12-14H,5,9,11H2,1H3/b23-20+. The van der Waals surface area contributed by atoms with Crippen LogP contribution in [-0.4, -0.2) is 18.6 Å². The van der Waals surface area contributed by atoms with Crippen molar-refractivity contribution < 1.29 is 9.63 Å². The van der Waals surface area contributed by atoms with Gasteiger partial charge in [-0.3, -0.25) is 4.79 Å². The van der Waals surface area contributed by atoms with Crippen LogP contribution in [0.2, 0.25) is 0 Å². The topological polar surface area (TPSA) is 38.7 Å². The highest BCUT2D eigenvalue weighted by atomic mass is 16.6. The van der Waals surface area contributed by atoms with Gasteiger partial charge in [-0.15, -0.1) is 0 Å². The van der Waals surface area contributed by atoms with Crippen molar-refractivity contribution in [2.75, 3.05) is 7.11 Å². The molecule has 0 aromatic heterocycles. The molecule has 1 aliphatic carbocycles. The fourth-order valence-electron chi connectivity index (χ4n) is 3.60. The number of aryl methyl sites for hydroxylation is 1. The largest absolute Gasteiger partial charge is 0.399 e. The minimum absolute atomic E-state index is 0.0355. The lowest BCUT2D eigenvalue weighted by Crippen LogP contribution is -2.18. The van der Waals surface area contributed by atoms with E-state index in [1.807, 2.05) is 48.5 Å². The summed E-state index contributed by atoms with van der Waals surface area (Å²) in [5.74, 6) is 0.0355. The third-order valence-electron chi connectivity index (χ3n) is 4.76. The van der Waals surface area contributed by atoms with Gasteiger partial charge >= 0.3 is 0 Å². The van der Waals surface area contributed by atoms with Crippen LogP contribution in [0.1, 0.15) is 39.9 Å². The molecule has 0 radical (unpaired) electrons. The molecular formula is C22H19NO2. The predicted octanol–water partition coefficient (Wildman–Crippen LogP) is 4.76. The van der Waals surface area contributed by atoms with E-state index in [9.17, 15) is 4.79 Å². The number of oxime groups is 1. The van der Waals surface area contributed by atoms with Gasteiger partial charge in [0.1, 0.15) is 7.11 Å². The van der Waals surface area contributed by atoms with Gasteiger partial charge in [-0.2, -0.15) is 0 Å². The third-order valence-corrected chi connectivity index (χ3v) is 4.76. The average Bonchev–Trinajstić information content (AvgIpc) is 2.67. The zero-order valence-electron chi connectivity index (χ0n) is 14.2. The van der Waals surface area contributed by atoms with Gasteiger partial charge < -0.3 is 4.84 Å². The Balaban J connectivity index is 1.83. The Bertz CT molecular complexity index is 988. The predicted molar refractivity (Wildman–Crippen MR) is 100 cm³/mol. The number of benzene rings is 3. The Morgan fingerprint density at radius 1 is 0.960 bits per heavy atom. The van der Waals surface area contributed by atoms with Gasteiger partial charge in [0, 0.05) is 16.7 Å². The number of carbonyl (C=O) groups is 1. The first-order chi connectivity index (χ1) is 12.3. The van der Waals surface area contributed by atoms with Gasteiger partial charge in [0.2, 0.25) is 0 Å². The zero-order chi connectivity index (χ0) is 17.2. The number of carbonyl (C=O) groups excluding carboxylic acids is 1. The molecule has 3 nitrogen and oxygen atoms in total. The normalized spacial score (nSPS) is 15.2. The number of fused-ring (bicyclic) bond motifs is 2. The molecule has 0 N–H and O–H groups in total. The van der Waals surface area contributed by atoms with Crippen molar-refractivity contribution in [1.29, 1.82) is 0 Å². The minimum Gasteiger partial charge on any atom is -0.399 e. The van der Waals surface area contributed by atoms with Crippen molar-refractivity contribution in [2.45, 2.75) is 19.3 Å². The molecule has 1 aliphatic rings. The van der Waals surface area contributed by atoms with E-state index in [4.69, 9.17) is 4.84 Å². The lowest BCUT2D eigenvalue weighted by Gasteiger charge is -2.20. The summed E-state index contributed by atoms with van der Waals surface area (Å²) in [6.45, 7) is 0. The molecule has 0 saturated heterocycles. The van der Waals surface area contributed by atoms with Gasteiger partial charge in [0.25, 0.3) is 0 Å². The first-order valence-electron chi connectivity index (χ1n) is 8.54. The van der Waals surface area contributed by atoms with Crippen LogP contribution in [0.3, 0.4) is 0 Å². The van der Waals surface area contributed by atoms with Crippen LogP contribution < -0.4 is 0 Å². The van der Waals surface area contributed by atoms with Crippen molar-refractivity contribution in [3.8, 4) is 0 Å². The molecule has 0 spiro atoms. The number of ketones is 1. The molecule has 0 amide bonds. The van der Waals surface area contributed by atoms with Crippen LogP contribution in [-0.2, 0) is 11.3 Å². The van der Waals surface area contributed by atoms with Crippen LogP contribution in [0.15, 0.2) is 65.8 Å². The molecule has 0 bridgehead atoms. The summed E-state index contributed by atoms with van der Waals surface area (Å²) in [7, 11) is 1.55. The summed E-state index contributed by atoms with van der Waals surface area (Å²) in [5, 5.41) is 6.38. The molecule has 0 heterocycles. The van der Waals surface area contributed by atoms with E-state index in [1.54, 1.807) is 7.11 Å². The zero-order valence-corrected chi connectivity index (χ0v) is 14.2. The minimum atomic E-state index is 0.0355. The third kappa shape index (κ3) is 2.82. The molecular weight excluding hydrogens is 310 g/mol. The summed E-state index contributed by atoms with van der Waals surface area (Å²) in [5.41, 5.74) is 4.41. The lowest BCUT2D eigenvalue weighted by atomic mass is 9.84. The van der Waals surface area contributed by atoms with Crippen molar-refractivity contribution in [1.82, 2.24) is 0 Å². The second-order valence-corrected chi connectivity index (χ2v) is 6.30. The first-order valence-corrected chi connectivity index (χ1v) is 8.54. The second-order valence-electron chi connectivity index (χ2n) is 6.30. The Kier molecular flexibility index (Phi) is 4.06. The molecule has 124 valence electrons. The second kappa shape index (κ2) is 6.52. The summed E-state index contributed by atoms with van der Waals surface area (Å²) in [6, 6.07) is 19.9. The number of rotatable bonds is 3. The molecule has 0 unspecified atom stereocenters. The summed E-state index contributed by atoms with van der Waals surface area (Å²) in [4.78, 5) is 18.2. The van der Waals surface area contributed by atoms with Crippen LogP contribution in [0.4, 0.5) is 0 Å². The van der Waals surface area contributed by atoms with Crippen molar-refractivity contribution >= 4 is 22.3 Å². The van der Waals surface area contributed by atoms with Crippen molar-refractivity contribution in [2.24, 2.45) is 5.16 Å². The quantitative estimate of drug-likeness (QED) is 0.513. The monoisotopic (exact) mass is 329 g/mol. The van der Waals surface area contributed by atoms with Crippen molar-refractivity contribution in [3.05, 3.63) is 82.9 Å². The summed E-state index contributed by atoms with van der Waals surface area (Å²) in [6.07, 6.45) is 2.84. The van der Waals surface area contributed by atoms with Crippen molar-refractivity contribution in [3.63, 3.8) is 0 Å². The number of hydrogen-bond donors (Lipinski definition) is 0. The van der Waals surface area contributed by atoms with Crippen LogP contribution in [0.5, 0.6) is 0 Å². The maximum atomic E-state index is 13.2. The summed E-state index contributed by atoms with van der Waals surface area (Å²) < 4.78 is 0. The highest BCUT2D eigenvalue weighted by Crippen LogP contribution is 2.28. The van der Waals surface area contributed by atoms with Crippen LogP contribution in [0.25, 0.3) is 10.8 Å². The Morgan fingerprint density at radius 3 is 2.64 bits per heavy atom. The number of hydrogen-bond acceptors (Lipinski definition) is 3. The maximum Gasteiger partial charge on any atom is 0.193 e. The molecule has 0 saturated carbocycles. The van der Waals surface area contributed by atoms with E-state index in [0.717, 1.165) is 41.3 Å². The van der Waals surface area contributed by atoms with E-state index < -0.39 is 0 Å². The van der Waals surface area contributed by atoms with Crippen LogP contribution >= 0.6 is 0 Å². The Morgan fingerprint density at radius 2 is 1.80 bits per heavy atom. The molecule has 4 rings (SSSR count). The molecule has 0 aliphatic heterocycles. The van der Waals surface area contributed by atoms with E-state index in [-0.39, 0.29) is 5.78 Å². The average molecular weight is 329 g/mol. The molecule has 25 heavy (non-hydrogen) atoms. The Labute approximate surface area is 146 Å². The molecule has 3 aromatic rings. The summed E-state index contributed by atoms with van der Waals surface area (Å²) >= 11 is 0. The van der Waals surface area contributed by atoms with Gasteiger partial charge in [-0.25, -0.2) is 0 Å². The highest BCUT2D eigenvalue weighted by Gasteiger charge is 2.23. The number of nitrogens with zero attached hydrogens (tertiary/aromatic N) is 1. The van der Waals surface area contributed by atoms with Gasteiger partial charge in [-0.1, -0.05) is 59.8 Å².